The minimum absolute atomic E-state index is 0.509. The molecule has 1 saturated heterocycles. The first-order valence-corrected chi connectivity index (χ1v) is 6.25. The largest absolute Gasteiger partial charge is 0.372 e. The molecule has 0 aromatic carbocycles. The zero-order valence-corrected chi connectivity index (χ0v) is 10.1. The number of rotatable bonds is 3. The van der Waals surface area contributed by atoms with E-state index in [2.05, 4.69) is 33.8 Å². The summed E-state index contributed by atoms with van der Waals surface area (Å²) in [6, 6.07) is 0.509. The highest BCUT2D eigenvalue weighted by Gasteiger charge is 2.22. The number of nitrogens with one attached hydrogen (secondary N) is 1. The molecule has 1 aliphatic rings. The number of anilines is 1. The summed E-state index contributed by atoms with van der Waals surface area (Å²) >= 11 is 1.43. The minimum Gasteiger partial charge on any atom is -0.372 e. The van der Waals surface area contributed by atoms with Crippen LogP contribution in [-0.4, -0.2) is 40.7 Å². The van der Waals surface area contributed by atoms with E-state index in [1.807, 2.05) is 0 Å². The van der Waals surface area contributed by atoms with E-state index >= 15 is 0 Å². The van der Waals surface area contributed by atoms with Crippen molar-refractivity contribution in [3.05, 3.63) is 6.20 Å². The monoisotopic (exact) mass is 226 g/mol. The molecule has 5 heteroatoms. The van der Waals surface area contributed by atoms with Gasteiger partial charge in [-0.1, -0.05) is 4.49 Å². The van der Waals surface area contributed by atoms with E-state index in [0.717, 1.165) is 10.9 Å². The molecule has 15 heavy (non-hydrogen) atoms. The zero-order valence-electron chi connectivity index (χ0n) is 9.31. The Bertz CT molecular complexity index is 288. The molecule has 1 N–H and O–H groups in total. The van der Waals surface area contributed by atoms with Gasteiger partial charge in [-0.05, 0) is 39.3 Å². The molecule has 0 radical (unpaired) electrons. The second kappa shape index (κ2) is 4.90. The maximum absolute atomic E-state index is 3.85. The molecular weight excluding hydrogens is 208 g/mol. The summed E-state index contributed by atoms with van der Waals surface area (Å²) in [6.07, 6.45) is 4.44. The molecule has 2 rings (SSSR count). The van der Waals surface area contributed by atoms with Crippen molar-refractivity contribution in [2.24, 2.45) is 5.92 Å². The molecule has 2 unspecified atom stereocenters. The van der Waals surface area contributed by atoms with Gasteiger partial charge in [0.1, 0.15) is 5.00 Å². The van der Waals surface area contributed by atoms with Crippen LogP contribution in [-0.2, 0) is 0 Å². The minimum atomic E-state index is 0.509. The van der Waals surface area contributed by atoms with Gasteiger partial charge in [-0.15, -0.1) is 5.10 Å². The molecule has 0 saturated carbocycles. The van der Waals surface area contributed by atoms with Gasteiger partial charge in [0, 0.05) is 24.1 Å². The average molecular weight is 226 g/mol. The third-order valence-electron chi connectivity index (χ3n) is 3.10. The van der Waals surface area contributed by atoms with Crippen molar-refractivity contribution < 1.29 is 0 Å². The third-order valence-corrected chi connectivity index (χ3v) is 3.70. The maximum atomic E-state index is 3.85. The standard InChI is InChI=1S/C10H18N4S/c1-8(12-10-6-11-13-15-10)9-4-3-5-14(2)7-9/h6,8-9,12H,3-5,7H2,1-2H3. The lowest BCUT2D eigenvalue weighted by atomic mass is 9.92. The van der Waals surface area contributed by atoms with Gasteiger partial charge in [0.25, 0.3) is 0 Å². The smallest absolute Gasteiger partial charge is 0.130 e. The lowest BCUT2D eigenvalue weighted by Crippen LogP contribution is -2.39. The van der Waals surface area contributed by atoms with Crippen molar-refractivity contribution >= 4 is 16.5 Å². The van der Waals surface area contributed by atoms with Gasteiger partial charge in [-0.3, -0.25) is 0 Å². The lowest BCUT2D eigenvalue weighted by Gasteiger charge is -2.33. The first-order valence-electron chi connectivity index (χ1n) is 5.48. The van der Waals surface area contributed by atoms with Crippen LogP contribution in [0.5, 0.6) is 0 Å². The summed E-state index contributed by atoms with van der Waals surface area (Å²) in [6.45, 7) is 4.69. The van der Waals surface area contributed by atoms with Gasteiger partial charge < -0.3 is 10.2 Å². The van der Waals surface area contributed by atoms with Crippen LogP contribution in [0.15, 0.2) is 6.20 Å². The Labute approximate surface area is 94.8 Å². The molecular formula is C10H18N4S. The second-order valence-corrected chi connectivity index (χ2v) is 5.17. The number of piperidine rings is 1. The van der Waals surface area contributed by atoms with Crippen LogP contribution < -0.4 is 5.32 Å². The van der Waals surface area contributed by atoms with E-state index in [9.17, 15) is 0 Å². The summed E-state index contributed by atoms with van der Waals surface area (Å²) in [4.78, 5) is 2.41. The highest BCUT2D eigenvalue weighted by Crippen LogP contribution is 2.22. The topological polar surface area (TPSA) is 41.1 Å². The third kappa shape index (κ3) is 2.89. The van der Waals surface area contributed by atoms with E-state index in [1.165, 1.54) is 37.5 Å². The van der Waals surface area contributed by atoms with Crippen molar-refractivity contribution in [1.29, 1.82) is 0 Å². The first-order chi connectivity index (χ1) is 7.25. The molecule has 0 amide bonds. The summed E-state index contributed by atoms with van der Waals surface area (Å²) in [5.74, 6) is 0.742. The fraction of sp³-hybridized carbons (Fsp3) is 0.800. The highest BCUT2D eigenvalue weighted by atomic mass is 32.1. The van der Waals surface area contributed by atoms with Crippen molar-refractivity contribution in [2.45, 2.75) is 25.8 Å². The number of hydrogen-bond acceptors (Lipinski definition) is 5. The molecule has 0 spiro atoms. The number of hydrogen-bond donors (Lipinski definition) is 1. The number of aromatic nitrogens is 2. The Morgan fingerprint density at radius 2 is 2.53 bits per heavy atom. The Hall–Kier alpha value is -0.680. The van der Waals surface area contributed by atoms with Crippen LogP contribution >= 0.6 is 11.5 Å². The molecule has 0 aliphatic carbocycles. The average Bonchev–Trinajstić information content (AvgIpc) is 2.70. The van der Waals surface area contributed by atoms with Crippen LogP contribution in [0.2, 0.25) is 0 Å². The van der Waals surface area contributed by atoms with Crippen LogP contribution in [0.25, 0.3) is 0 Å². The van der Waals surface area contributed by atoms with E-state index in [0.29, 0.717) is 6.04 Å². The Balaban J connectivity index is 1.87. The molecule has 1 aliphatic heterocycles. The van der Waals surface area contributed by atoms with E-state index in [-0.39, 0.29) is 0 Å². The normalized spacial score (nSPS) is 25.1. The molecule has 84 valence electrons. The van der Waals surface area contributed by atoms with Crippen molar-refractivity contribution in [3.63, 3.8) is 0 Å². The van der Waals surface area contributed by atoms with E-state index < -0.39 is 0 Å². The quantitative estimate of drug-likeness (QED) is 0.851. The summed E-state index contributed by atoms with van der Waals surface area (Å²) < 4.78 is 3.85. The molecule has 2 atom stereocenters. The predicted octanol–water partition coefficient (Wildman–Crippen LogP) is 1.68. The number of likely N-dealkylation sites (tertiary alicyclic amines) is 1. The highest BCUT2D eigenvalue weighted by molar-refractivity contribution is 7.09. The second-order valence-electron chi connectivity index (χ2n) is 4.38. The SMILES string of the molecule is CC(Nc1cnns1)C1CCCN(C)C1. The van der Waals surface area contributed by atoms with E-state index in [4.69, 9.17) is 0 Å². The fourth-order valence-electron chi connectivity index (χ4n) is 2.19. The van der Waals surface area contributed by atoms with E-state index in [1.54, 1.807) is 6.20 Å². The molecule has 1 fully saturated rings. The van der Waals surface area contributed by atoms with Gasteiger partial charge in [-0.2, -0.15) is 0 Å². The number of nitrogens with zero attached hydrogens (tertiary/aromatic N) is 3. The molecule has 1 aromatic heterocycles. The van der Waals surface area contributed by atoms with Gasteiger partial charge in [0.15, 0.2) is 0 Å². The first kappa shape index (κ1) is 10.8. The van der Waals surface area contributed by atoms with Crippen LogP contribution in [0.1, 0.15) is 19.8 Å². The van der Waals surface area contributed by atoms with Crippen molar-refractivity contribution in [2.75, 3.05) is 25.5 Å². The van der Waals surface area contributed by atoms with Crippen LogP contribution in [0.4, 0.5) is 5.00 Å². The van der Waals surface area contributed by atoms with Crippen molar-refractivity contribution in [1.82, 2.24) is 14.5 Å². The zero-order chi connectivity index (χ0) is 10.7. The summed E-state index contributed by atoms with van der Waals surface area (Å²) in [5.41, 5.74) is 0. The molecule has 4 nitrogen and oxygen atoms in total. The molecule has 2 heterocycles. The van der Waals surface area contributed by atoms with Crippen molar-refractivity contribution in [3.8, 4) is 0 Å². The fourth-order valence-corrected chi connectivity index (χ4v) is 2.70. The van der Waals surface area contributed by atoms with Gasteiger partial charge in [-0.25, -0.2) is 0 Å². The van der Waals surface area contributed by atoms with Crippen LogP contribution in [0.3, 0.4) is 0 Å². The van der Waals surface area contributed by atoms with Gasteiger partial charge >= 0.3 is 0 Å². The maximum Gasteiger partial charge on any atom is 0.130 e. The Kier molecular flexibility index (Phi) is 3.53. The summed E-state index contributed by atoms with van der Waals surface area (Å²) in [7, 11) is 2.20. The van der Waals surface area contributed by atoms with Crippen LogP contribution in [0, 0.1) is 5.92 Å². The predicted molar refractivity (Wildman–Crippen MR) is 63.2 cm³/mol. The molecule has 0 bridgehead atoms. The summed E-state index contributed by atoms with van der Waals surface area (Å²) in [5, 5.41) is 8.39. The Morgan fingerprint density at radius 1 is 1.67 bits per heavy atom. The lowest BCUT2D eigenvalue weighted by molar-refractivity contribution is 0.198. The van der Waals surface area contributed by atoms with Gasteiger partial charge in [0.2, 0.25) is 0 Å². The Morgan fingerprint density at radius 3 is 3.20 bits per heavy atom. The molecule has 1 aromatic rings. The van der Waals surface area contributed by atoms with Gasteiger partial charge in [0.05, 0.1) is 6.20 Å².